The summed E-state index contributed by atoms with van der Waals surface area (Å²) >= 11 is 0. The van der Waals surface area contributed by atoms with E-state index >= 15 is 0 Å². The van der Waals surface area contributed by atoms with Crippen LogP contribution in [0.15, 0.2) is 37.2 Å². The van der Waals surface area contributed by atoms with Crippen molar-refractivity contribution in [1.29, 1.82) is 0 Å². The van der Waals surface area contributed by atoms with Crippen molar-refractivity contribution in [3.8, 4) is 0 Å². The first-order chi connectivity index (χ1) is 6.70. The maximum Gasteiger partial charge on any atom is 0.143 e. The monoisotopic (exact) mass is 192 g/mol. The molecule has 0 aliphatic rings. The van der Waals surface area contributed by atoms with Crippen LogP contribution in [0.25, 0.3) is 5.70 Å². The third-order valence-electron chi connectivity index (χ3n) is 1.20. The van der Waals surface area contributed by atoms with Crippen LogP contribution in [0.3, 0.4) is 0 Å². The zero-order valence-electron chi connectivity index (χ0n) is 8.94. The van der Waals surface area contributed by atoms with Gasteiger partial charge in [0, 0.05) is 0 Å². The van der Waals surface area contributed by atoms with Crippen molar-refractivity contribution < 1.29 is 0 Å². The second-order valence-corrected chi connectivity index (χ2v) is 2.43. The molecule has 14 heavy (non-hydrogen) atoms. The molecule has 76 valence electrons. The lowest BCUT2D eigenvalue weighted by Gasteiger charge is -1.94. The Bertz CT molecular complexity index is 309. The lowest BCUT2D eigenvalue weighted by atomic mass is 10.3. The Kier molecular flexibility index (Phi) is 5.94. The van der Waals surface area contributed by atoms with Gasteiger partial charge < -0.3 is 0 Å². The highest BCUT2D eigenvalue weighted by atomic mass is 15.5. The van der Waals surface area contributed by atoms with E-state index in [0.29, 0.717) is 5.70 Å². The van der Waals surface area contributed by atoms with E-state index in [4.69, 9.17) is 0 Å². The molecule has 0 saturated carbocycles. The highest BCUT2D eigenvalue weighted by Gasteiger charge is 1.92. The number of hydrogen-bond donors (Lipinski definition) is 0. The van der Waals surface area contributed by atoms with E-state index in [1.165, 1.54) is 11.0 Å². The van der Waals surface area contributed by atoms with Crippen LogP contribution in [-0.2, 0) is 0 Å². The third-order valence-corrected chi connectivity index (χ3v) is 1.20. The van der Waals surface area contributed by atoms with Crippen molar-refractivity contribution in [1.82, 2.24) is 20.2 Å². The number of hydrogen-bond acceptors (Lipinski definition) is 3. The first-order valence-electron chi connectivity index (χ1n) is 4.46. The Morgan fingerprint density at radius 3 is 2.36 bits per heavy atom. The summed E-state index contributed by atoms with van der Waals surface area (Å²) in [4.78, 5) is 0. The lowest BCUT2D eigenvalue weighted by molar-refractivity contribution is 0.807. The quantitative estimate of drug-likeness (QED) is 0.690. The van der Waals surface area contributed by atoms with Gasteiger partial charge in [0.2, 0.25) is 0 Å². The van der Waals surface area contributed by atoms with Gasteiger partial charge in [0.25, 0.3) is 0 Å². The smallest absolute Gasteiger partial charge is 0.143 e. The van der Waals surface area contributed by atoms with Crippen LogP contribution < -0.4 is 0 Å². The molecule has 0 unspecified atom stereocenters. The fraction of sp³-hybridized carbons (Fsp3) is 0.300. The molecular weight excluding hydrogens is 176 g/mol. The minimum atomic E-state index is 0.711. The van der Waals surface area contributed by atoms with E-state index in [0.717, 1.165) is 5.57 Å². The molecular formula is C10H16N4. The second kappa shape index (κ2) is 6.77. The van der Waals surface area contributed by atoms with E-state index in [2.05, 4.69) is 28.7 Å². The maximum atomic E-state index is 3.76. The molecule has 4 heteroatoms. The van der Waals surface area contributed by atoms with Gasteiger partial charge in [-0.1, -0.05) is 38.7 Å². The third kappa shape index (κ3) is 4.35. The van der Waals surface area contributed by atoms with Crippen molar-refractivity contribution in [3.63, 3.8) is 0 Å². The van der Waals surface area contributed by atoms with Crippen molar-refractivity contribution in [2.24, 2.45) is 0 Å². The van der Waals surface area contributed by atoms with Gasteiger partial charge in [-0.25, -0.2) is 4.68 Å². The molecule has 1 aromatic heterocycles. The molecule has 1 heterocycles. The molecule has 0 atom stereocenters. The number of tetrazole rings is 1. The molecule has 0 bridgehead atoms. The Labute approximate surface area is 84.6 Å². The molecule has 0 aromatic carbocycles. The van der Waals surface area contributed by atoms with Gasteiger partial charge in [-0.05, 0) is 23.4 Å². The van der Waals surface area contributed by atoms with Gasteiger partial charge >= 0.3 is 0 Å². The summed E-state index contributed by atoms with van der Waals surface area (Å²) in [7, 11) is 0. The summed E-state index contributed by atoms with van der Waals surface area (Å²) in [6, 6.07) is 0. The zero-order chi connectivity index (χ0) is 11.0. The zero-order valence-corrected chi connectivity index (χ0v) is 8.94. The number of nitrogens with zero attached hydrogens (tertiary/aromatic N) is 4. The molecule has 0 N–H and O–H groups in total. The largest absolute Gasteiger partial charge is 0.201 e. The molecule has 0 fully saturated rings. The molecule has 0 radical (unpaired) electrons. The van der Waals surface area contributed by atoms with E-state index in [9.17, 15) is 0 Å². The number of rotatable bonds is 3. The lowest BCUT2D eigenvalue weighted by Crippen LogP contribution is -1.93. The standard InChI is InChI=1S/C8H10N4.C2H6/c1-7(2)4-5-8(3)12-6-9-10-11-12;1-2/h4-6H,1,3H2,2H3;1-2H3/b5-4-;. The molecule has 0 aliphatic carbocycles. The van der Waals surface area contributed by atoms with Gasteiger partial charge in [0.1, 0.15) is 6.33 Å². The second-order valence-electron chi connectivity index (χ2n) is 2.43. The van der Waals surface area contributed by atoms with Gasteiger partial charge in [-0.3, -0.25) is 0 Å². The molecule has 4 nitrogen and oxygen atoms in total. The maximum absolute atomic E-state index is 3.76. The van der Waals surface area contributed by atoms with Crippen molar-refractivity contribution >= 4 is 5.70 Å². The highest BCUT2D eigenvalue weighted by molar-refractivity contribution is 5.53. The normalized spacial score (nSPS) is 9.36. The predicted octanol–water partition coefficient (Wildman–Crippen LogP) is 2.30. The van der Waals surface area contributed by atoms with Gasteiger partial charge in [0.05, 0.1) is 5.70 Å². The summed E-state index contributed by atoms with van der Waals surface area (Å²) in [6.45, 7) is 13.4. The first-order valence-corrected chi connectivity index (χ1v) is 4.46. The van der Waals surface area contributed by atoms with E-state index in [1.54, 1.807) is 6.08 Å². The van der Waals surface area contributed by atoms with E-state index < -0.39 is 0 Å². The van der Waals surface area contributed by atoms with Gasteiger partial charge in [-0.2, -0.15) is 0 Å². The highest BCUT2D eigenvalue weighted by Crippen LogP contribution is 2.00. The van der Waals surface area contributed by atoms with Crippen LogP contribution in [0.5, 0.6) is 0 Å². The van der Waals surface area contributed by atoms with Crippen LogP contribution in [0.2, 0.25) is 0 Å². The summed E-state index contributed by atoms with van der Waals surface area (Å²) in [5.41, 5.74) is 1.67. The number of aromatic nitrogens is 4. The Morgan fingerprint density at radius 2 is 1.93 bits per heavy atom. The van der Waals surface area contributed by atoms with Crippen LogP contribution in [-0.4, -0.2) is 20.2 Å². The number of allylic oxidation sites excluding steroid dienone is 4. The Morgan fingerprint density at radius 1 is 1.29 bits per heavy atom. The van der Waals surface area contributed by atoms with Crippen LogP contribution >= 0.6 is 0 Å². The molecule has 1 aromatic rings. The summed E-state index contributed by atoms with van der Waals surface area (Å²) < 4.78 is 1.49. The topological polar surface area (TPSA) is 43.6 Å². The average molecular weight is 192 g/mol. The average Bonchev–Trinajstić information content (AvgIpc) is 2.70. The van der Waals surface area contributed by atoms with Crippen molar-refractivity contribution in [2.75, 3.05) is 0 Å². The van der Waals surface area contributed by atoms with E-state index in [-0.39, 0.29) is 0 Å². The minimum absolute atomic E-state index is 0.711. The summed E-state index contributed by atoms with van der Waals surface area (Å²) in [5.74, 6) is 0. The first kappa shape index (κ1) is 12.3. The fourth-order valence-electron chi connectivity index (χ4n) is 0.608. The van der Waals surface area contributed by atoms with Crippen molar-refractivity contribution in [3.05, 3.63) is 37.2 Å². The molecule has 0 amide bonds. The van der Waals surface area contributed by atoms with Crippen molar-refractivity contribution in [2.45, 2.75) is 20.8 Å². The molecule has 0 aliphatic heterocycles. The minimum Gasteiger partial charge on any atom is -0.201 e. The van der Waals surface area contributed by atoms with E-state index in [1.807, 2.05) is 26.8 Å². The van der Waals surface area contributed by atoms with Crippen LogP contribution in [0, 0.1) is 0 Å². The fourth-order valence-corrected chi connectivity index (χ4v) is 0.608. The summed E-state index contributed by atoms with van der Waals surface area (Å²) in [5, 5.41) is 10.6. The SMILES string of the molecule is C=C(C)/C=C\C(=C)n1cnnn1.CC. The predicted molar refractivity (Wildman–Crippen MR) is 58.4 cm³/mol. The Hall–Kier alpha value is -1.71. The van der Waals surface area contributed by atoms with Gasteiger partial charge in [-0.15, -0.1) is 5.10 Å². The summed E-state index contributed by atoms with van der Waals surface area (Å²) in [6.07, 6.45) is 5.15. The molecule has 0 spiro atoms. The molecule has 1 rings (SSSR count). The van der Waals surface area contributed by atoms with Crippen LogP contribution in [0.4, 0.5) is 0 Å². The Balaban J connectivity index is 0.000000791. The molecule has 0 saturated heterocycles. The van der Waals surface area contributed by atoms with Gasteiger partial charge in [0.15, 0.2) is 0 Å². The van der Waals surface area contributed by atoms with Crippen LogP contribution in [0.1, 0.15) is 20.8 Å².